The van der Waals surface area contributed by atoms with Crippen LogP contribution in [-0.4, -0.2) is 62.3 Å². The van der Waals surface area contributed by atoms with Gasteiger partial charge in [0.25, 0.3) is 0 Å². The molecule has 1 unspecified atom stereocenters. The van der Waals surface area contributed by atoms with E-state index in [-0.39, 0.29) is 11.8 Å². The maximum atomic E-state index is 13.0. The minimum atomic E-state index is -3.49. The lowest BCUT2D eigenvalue weighted by Gasteiger charge is -2.37. The van der Waals surface area contributed by atoms with Crippen molar-refractivity contribution in [2.24, 2.45) is 5.92 Å². The third kappa shape index (κ3) is 3.94. The van der Waals surface area contributed by atoms with Gasteiger partial charge >= 0.3 is 0 Å². The first kappa shape index (κ1) is 19.3. The summed E-state index contributed by atoms with van der Waals surface area (Å²) in [7, 11) is -3.49. The maximum Gasteiger partial charge on any atom is 0.243 e. The number of hydrogen-bond donors (Lipinski definition) is 1. The van der Waals surface area contributed by atoms with Gasteiger partial charge in [0.2, 0.25) is 15.9 Å². The molecule has 1 aromatic rings. The van der Waals surface area contributed by atoms with Crippen LogP contribution in [0.25, 0.3) is 0 Å². The highest BCUT2D eigenvalue weighted by molar-refractivity contribution is 7.89. The van der Waals surface area contributed by atoms with Gasteiger partial charge in [-0.15, -0.1) is 0 Å². The summed E-state index contributed by atoms with van der Waals surface area (Å²) >= 11 is 0. The zero-order valence-corrected chi connectivity index (χ0v) is 16.7. The van der Waals surface area contributed by atoms with Crippen LogP contribution >= 0.6 is 0 Å². The van der Waals surface area contributed by atoms with Crippen molar-refractivity contribution in [1.82, 2.24) is 14.5 Å². The summed E-state index contributed by atoms with van der Waals surface area (Å²) in [4.78, 5) is 15.1. The molecule has 0 aliphatic carbocycles. The van der Waals surface area contributed by atoms with Gasteiger partial charge in [0.05, 0.1) is 4.90 Å². The van der Waals surface area contributed by atoms with Gasteiger partial charge in [0.1, 0.15) is 0 Å². The zero-order valence-electron chi connectivity index (χ0n) is 15.9. The summed E-state index contributed by atoms with van der Waals surface area (Å²) < 4.78 is 27.5. The number of piperidine rings is 1. The Balaban J connectivity index is 1.65. The number of benzene rings is 1. The molecule has 2 aliphatic heterocycles. The van der Waals surface area contributed by atoms with Crippen molar-refractivity contribution in [1.29, 1.82) is 0 Å². The van der Waals surface area contributed by atoms with E-state index in [1.165, 1.54) is 4.31 Å². The zero-order chi connectivity index (χ0) is 18.9. The lowest BCUT2D eigenvalue weighted by molar-refractivity contribution is -0.137. The van der Waals surface area contributed by atoms with E-state index in [0.29, 0.717) is 36.9 Å². The first-order valence-electron chi connectivity index (χ1n) is 9.38. The average molecular weight is 380 g/mol. The second-order valence-corrected chi connectivity index (χ2v) is 9.49. The number of piperazine rings is 1. The van der Waals surface area contributed by atoms with Crippen molar-refractivity contribution in [3.63, 3.8) is 0 Å². The quantitative estimate of drug-likeness (QED) is 0.865. The summed E-state index contributed by atoms with van der Waals surface area (Å²) in [6, 6.07) is 5.74. The summed E-state index contributed by atoms with van der Waals surface area (Å²) in [6.07, 6.45) is 1.20. The van der Waals surface area contributed by atoms with E-state index in [1.807, 2.05) is 30.9 Å². The van der Waals surface area contributed by atoms with Crippen LogP contribution in [0.1, 0.15) is 30.9 Å². The SMILES string of the molecule is Cc1ccc(S(=O)(=O)N2CCC(C(=O)N3CCNC(C)C3)CC2)c(C)c1. The second-order valence-electron chi connectivity index (χ2n) is 7.59. The normalized spacial score (nSPS) is 23.2. The Labute approximate surface area is 156 Å². The van der Waals surface area contributed by atoms with E-state index in [9.17, 15) is 13.2 Å². The Morgan fingerprint density at radius 2 is 1.85 bits per heavy atom. The summed E-state index contributed by atoms with van der Waals surface area (Å²) in [5.74, 6) is 0.118. The lowest BCUT2D eigenvalue weighted by atomic mass is 9.96. The van der Waals surface area contributed by atoms with E-state index in [0.717, 1.165) is 30.8 Å². The Hall–Kier alpha value is -1.44. The Bertz CT molecular complexity index is 770. The molecule has 6 nitrogen and oxygen atoms in total. The molecule has 1 aromatic carbocycles. The molecule has 1 amide bonds. The van der Waals surface area contributed by atoms with Crippen molar-refractivity contribution in [2.75, 3.05) is 32.7 Å². The van der Waals surface area contributed by atoms with E-state index in [2.05, 4.69) is 12.2 Å². The standard InChI is InChI=1S/C19H29N3O3S/c1-14-4-5-18(15(2)12-14)26(24,25)22-9-6-17(7-10-22)19(23)21-11-8-20-16(3)13-21/h4-5,12,16-17,20H,6-11,13H2,1-3H3. The fraction of sp³-hybridized carbons (Fsp3) is 0.632. The van der Waals surface area contributed by atoms with Crippen molar-refractivity contribution in [3.8, 4) is 0 Å². The van der Waals surface area contributed by atoms with Gasteiger partial charge in [-0.2, -0.15) is 4.31 Å². The van der Waals surface area contributed by atoms with Gasteiger partial charge < -0.3 is 10.2 Å². The molecule has 2 saturated heterocycles. The van der Waals surface area contributed by atoms with Crippen LogP contribution in [0.15, 0.2) is 23.1 Å². The van der Waals surface area contributed by atoms with Crippen molar-refractivity contribution in [2.45, 2.75) is 44.6 Å². The molecule has 1 N–H and O–H groups in total. The van der Waals surface area contributed by atoms with E-state index in [1.54, 1.807) is 6.07 Å². The fourth-order valence-corrected chi connectivity index (χ4v) is 5.64. The summed E-state index contributed by atoms with van der Waals surface area (Å²) in [6.45, 7) is 9.00. The Kier molecular flexibility index (Phi) is 5.69. The number of aryl methyl sites for hydroxylation is 2. The minimum Gasteiger partial charge on any atom is -0.340 e. The van der Waals surface area contributed by atoms with Crippen molar-refractivity contribution in [3.05, 3.63) is 29.3 Å². The first-order chi connectivity index (χ1) is 12.3. The third-order valence-electron chi connectivity index (χ3n) is 5.43. The van der Waals surface area contributed by atoms with E-state index in [4.69, 9.17) is 0 Å². The predicted molar refractivity (Wildman–Crippen MR) is 101 cm³/mol. The maximum absolute atomic E-state index is 13.0. The van der Waals surface area contributed by atoms with Crippen LogP contribution in [-0.2, 0) is 14.8 Å². The van der Waals surface area contributed by atoms with Gasteiger partial charge in [-0.3, -0.25) is 4.79 Å². The molecule has 0 saturated carbocycles. The number of nitrogens with zero attached hydrogens (tertiary/aromatic N) is 2. The molecule has 7 heteroatoms. The van der Waals surface area contributed by atoms with Gasteiger partial charge in [0, 0.05) is 44.7 Å². The number of amides is 1. The van der Waals surface area contributed by atoms with Gasteiger partial charge in [-0.1, -0.05) is 17.7 Å². The highest BCUT2D eigenvalue weighted by Gasteiger charge is 2.35. The number of nitrogens with one attached hydrogen (secondary N) is 1. The Morgan fingerprint density at radius 3 is 2.46 bits per heavy atom. The van der Waals surface area contributed by atoms with Crippen LogP contribution in [0.4, 0.5) is 0 Å². The van der Waals surface area contributed by atoms with E-state index < -0.39 is 10.0 Å². The molecule has 0 aromatic heterocycles. The van der Waals surface area contributed by atoms with Gasteiger partial charge in [0.15, 0.2) is 0 Å². The molecular weight excluding hydrogens is 350 g/mol. The molecule has 2 heterocycles. The number of hydrogen-bond acceptors (Lipinski definition) is 4. The number of rotatable bonds is 3. The van der Waals surface area contributed by atoms with E-state index >= 15 is 0 Å². The van der Waals surface area contributed by atoms with Crippen molar-refractivity contribution >= 4 is 15.9 Å². The summed E-state index contributed by atoms with van der Waals surface area (Å²) in [5, 5.41) is 3.34. The molecule has 3 rings (SSSR count). The molecule has 2 fully saturated rings. The largest absolute Gasteiger partial charge is 0.340 e. The Morgan fingerprint density at radius 1 is 1.15 bits per heavy atom. The minimum absolute atomic E-state index is 0.0640. The van der Waals surface area contributed by atoms with Gasteiger partial charge in [-0.05, 0) is 45.2 Å². The third-order valence-corrected chi connectivity index (χ3v) is 7.49. The fourth-order valence-electron chi connectivity index (χ4n) is 3.96. The second kappa shape index (κ2) is 7.66. The molecule has 0 bridgehead atoms. The number of carbonyl (C=O) groups is 1. The van der Waals surface area contributed by atoms with Gasteiger partial charge in [-0.25, -0.2) is 8.42 Å². The molecular formula is C19H29N3O3S. The molecule has 26 heavy (non-hydrogen) atoms. The molecule has 0 radical (unpaired) electrons. The number of sulfonamides is 1. The molecule has 0 spiro atoms. The molecule has 2 aliphatic rings. The van der Waals surface area contributed by atoms with Crippen LogP contribution in [0.5, 0.6) is 0 Å². The predicted octanol–water partition coefficient (Wildman–Crippen LogP) is 1.52. The average Bonchev–Trinajstić information content (AvgIpc) is 2.61. The monoisotopic (exact) mass is 379 g/mol. The highest BCUT2D eigenvalue weighted by atomic mass is 32.2. The van der Waals surface area contributed by atoms with Crippen LogP contribution in [0.2, 0.25) is 0 Å². The topological polar surface area (TPSA) is 69.7 Å². The van der Waals surface area contributed by atoms with Crippen LogP contribution in [0, 0.1) is 19.8 Å². The highest BCUT2D eigenvalue weighted by Crippen LogP contribution is 2.27. The summed E-state index contributed by atoms with van der Waals surface area (Å²) in [5.41, 5.74) is 1.83. The van der Waals surface area contributed by atoms with Crippen LogP contribution < -0.4 is 5.32 Å². The smallest absolute Gasteiger partial charge is 0.243 e. The molecule has 1 atom stereocenters. The lowest BCUT2D eigenvalue weighted by Crippen LogP contribution is -2.54. The van der Waals surface area contributed by atoms with Crippen LogP contribution in [0.3, 0.4) is 0 Å². The van der Waals surface area contributed by atoms with Crippen molar-refractivity contribution < 1.29 is 13.2 Å². The first-order valence-corrected chi connectivity index (χ1v) is 10.8. The number of carbonyl (C=O) groups excluding carboxylic acids is 1. The molecule has 144 valence electrons.